The van der Waals surface area contributed by atoms with Gasteiger partial charge in [-0.15, -0.1) is 0 Å². The lowest BCUT2D eigenvalue weighted by Crippen LogP contribution is -2.46. The Bertz CT molecular complexity index is 741. The van der Waals surface area contributed by atoms with Crippen molar-refractivity contribution < 1.29 is 9.59 Å². The molecule has 2 amide bonds. The maximum atomic E-state index is 12.7. The minimum absolute atomic E-state index is 0.320. The van der Waals surface area contributed by atoms with Crippen LogP contribution in [0, 0.1) is 5.41 Å². The molecular weight excluding hydrogens is 347 g/mol. The summed E-state index contributed by atoms with van der Waals surface area (Å²) in [6, 6.07) is 13.9. The molecule has 0 saturated carbocycles. The fourth-order valence-electron chi connectivity index (χ4n) is 2.20. The molecule has 0 aromatic heterocycles. The molecule has 0 fully saturated rings. The van der Waals surface area contributed by atoms with E-state index in [1.54, 1.807) is 39.1 Å². The van der Waals surface area contributed by atoms with Crippen molar-refractivity contribution in [2.24, 2.45) is 5.41 Å². The second kappa shape index (κ2) is 7.24. The lowest BCUT2D eigenvalue weighted by molar-refractivity contribution is -0.136. The molecule has 1 N–H and O–H groups in total. The molecule has 0 unspecified atom stereocenters. The van der Waals surface area contributed by atoms with E-state index in [0.29, 0.717) is 21.4 Å². The average molecular weight is 365 g/mol. The molecule has 0 aliphatic heterocycles. The first kappa shape index (κ1) is 18.3. The molecular formula is C18H18Cl2N2O2. The van der Waals surface area contributed by atoms with E-state index in [9.17, 15) is 9.59 Å². The Morgan fingerprint density at radius 1 is 1.00 bits per heavy atom. The number of hydrogen-bond acceptors (Lipinski definition) is 2. The number of amides is 2. The monoisotopic (exact) mass is 364 g/mol. The number of nitrogens with one attached hydrogen (secondary N) is 1. The fourth-order valence-corrected chi connectivity index (χ4v) is 2.72. The number of benzene rings is 2. The average Bonchev–Trinajstić information content (AvgIpc) is 2.53. The number of halogens is 2. The van der Waals surface area contributed by atoms with Crippen LogP contribution < -0.4 is 10.2 Å². The van der Waals surface area contributed by atoms with Crippen LogP contribution in [0.4, 0.5) is 11.4 Å². The SMILES string of the molecule is CN(C(=O)C(C)(C)C(=O)Nc1cc(Cl)cc(Cl)c1)c1ccccc1. The van der Waals surface area contributed by atoms with E-state index in [2.05, 4.69) is 5.32 Å². The third kappa shape index (κ3) is 4.08. The number of hydrogen-bond donors (Lipinski definition) is 1. The highest BCUT2D eigenvalue weighted by Gasteiger charge is 2.38. The maximum Gasteiger partial charge on any atom is 0.241 e. The maximum absolute atomic E-state index is 12.7. The Balaban J connectivity index is 2.18. The van der Waals surface area contributed by atoms with E-state index < -0.39 is 11.3 Å². The summed E-state index contributed by atoms with van der Waals surface area (Å²) in [5.41, 5.74) is -0.103. The largest absolute Gasteiger partial charge is 0.325 e. The van der Waals surface area contributed by atoms with Crippen molar-refractivity contribution in [2.75, 3.05) is 17.3 Å². The first-order valence-corrected chi connectivity index (χ1v) is 8.08. The van der Waals surface area contributed by atoms with E-state index in [-0.39, 0.29) is 5.91 Å². The topological polar surface area (TPSA) is 49.4 Å². The van der Waals surface area contributed by atoms with Crippen LogP contribution in [0.2, 0.25) is 10.0 Å². The minimum Gasteiger partial charge on any atom is -0.325 e. The summed E-state index contributed by atoms with van der Waals surface area (Å²) in [7, 11) is 1.64. The molecule has 0 aliphatic rings. The highest BCUT2D eigenvalue weighted by molar-refractivity contribution is 6.35. The molecule has 0 saturated heterocycles. The van der Waals surface area contributed by atoms with Gasteiger partial charge >= 0.3 is 0 Å². The van der Waals surface area contributed by atoms with Crippen LogP contribution in [0.25, 0.3) is 0 Å². The quantitative estimate of drug-likeness (QED) is 0.804. The van der Waals surface area contributed by atoms with E-state index in [1.165, 1.54) is 4.90 Å². The third-order valence-corrected chi connectivity index (χ3v) is 4.11. The zero-order chi connectivity index (χ0) is 17.9. The van der Waals surface area contributed by atoms with Crippen LogP contribution in [-0.4, -0.2) is 18.9 Å². The van der Waals surface area contributed by atoms with Gasteiger partial charge in [0.05, 0.1) is 0 Å². The van der Waals surface area contributed by atoms with Crippen LogP contribution >= 0.6 is 23.2 Å². The van der Waals surface area contributed by atoms with Gasteiger partial charge in [0.25, 0.3) is 0 Å². The Kier molecular flexibility index (Phi) is 5.52. The summed E-state index contributed by atoms with van der Waals surface area (Å²) < 4.78 is 0. The van der Waals surface area contributed by atoms with E-state index >= 15 is 0 Å². The Labute approximate surface area is 151 Å². The fraction of sp³-hybridized carbons (Fsp3) is 0.222. The molecule has 0 radical (unpaired) electrons. The number of carbonyl (C=O) groups is 2. The van der Waals surface area contributed by atoms with Gasteiger partial charge in [0.1, 0.15) is 5.41 Å². The van der Waals surface area contributed by atoms with Gasteiger partial charge in [-0.1, -0.05) is 41.4 Å². The van der Waals surface area contributed by atoms with Crippen molar-refractivity contribution in [1.82, 2.24) is 0 Å². The lowest BCUT2D eigenvalue weighted by atomic mass is 9.90. The van der Waals surface area contributed by atoms with Crippen LogP contribution in [0.3, 0.4) is 0 Å². The molecule has 24 heavy (non-hydrogen) atoms. The van der Waals surface area contributed by atoms with Gasteiger partial charge in [0, 0.05) is 28.5 Å². The van der Waals surface area contributed by atoms with Crippen molar-refractivity contribution in [3.63, 3.8) is 0 Å². The molecule has 0 atom stereocenters. The third-order valence-electron chi connectivity index (χ3n) is 3.67. The summed E-state index contributed by atoms with van der Waals surface area (Å²) in [6.45, 7) is 3.16. The van der Waals surface area contributed by atoms with Gasteiger partial charge in [-0.05, 0) is 44.2 Å². The van der Waals surface area contributed by atoms with Crippen molar-refractivity contribution in [3.8, 4) is 0 Å². The standard InChI is InChI=1S/C18H18Cl2N2O2/c1-18(2,17(24)22(3)15-7-5-4-6-8-15)16(23)21-14-10-12(19)9-13(20)11-14/h4-11H,1-3H3,(H,21,23). The van der Waals surface area contributed by atoms with E-state index in [4.69, 9.17) is 23.2 Å². The molecule has 6 heteroatoms. The van der Waals surface area contributed by atoms with Crippen molar-refractivity contribution in [3.05, 3.63) is 58.6 Å². The van der Waals surface area contributed by atoms with Crippen molar-refractivity contribution >= 4 is 46.4 Å². The first-order valence-electron chi connectivity index (χ1n) is 7.32. The highest BCUT2D eigenvalue weighted by Crippen LogP contribution is 2.27. The summed E-state index contributed by atoms with van der Waals surface area (Å²) in [5.74, 6) is -0.757. The first-order chi connectivity index (χ1) is 11.2. The summed E-state index contributed by atoms with van der Waals surface area (Å²) in [6.07, 6.45) is 0. The van der Waals surface area contributed by atoms with Crippen LogP contribution in [0.15, 0.2) is 48.5 Å². The van der Waals surface area contributed by atoms with Gasteiger partial charge in [-0.2, -0.15) is 0 Å². The normalized spacial score (nSPS) is 11.0. The van der Waals surface area contributed by atoms with Crippen molar-refractivity contribution in [1.29, 1.82) is 0 Å². The van der Waals surface area contributed by atoms with Crippen LogP contribution in [0.5, 0.6) is 0 Å². The van der Waals surface area contributed by atoms with Crippen LogP contribution in [-0.2, 0) is 9.59 Å². The highest BCUT2D eigenvalue weighted by atomic mass is 35.5. The van der Waals surface area contributed by atoms with Crippen LogP contribution in [0.1, 0.15) is 13.8 Å². The second-order valence-electron chi connectivity index (χ2n) is 5.94. The zero-order valence-corrected chi connectivity index (χ0v) is 15.2. The summed E-state index contributed by atoms with van der Waals surface area (Å²) in [5, 5.41) is 3.51. The summed E-state index contributed by atoms with van der Waals surface area (Å²) in [4.78, 5) is 26.8. The molecule has 0 bridgehead atoms. The molecule has 2 rings (SSSR count). The van der Waals surface area contributed by atoms with E-state index in [1.807, 2.05) is 30.3 Å². The number of rotatable bonds is 4. The van der Waals surface area contributed by atoms with Gasteiger partial charge in [0.2, 0.25) is 11.8 Å². The number of carbonyl (C=O) groups excluding carboxylic acids is 2. The van der Waals surface area contributed by atoms with Crippen molar-refractivity contribution in [2.45, 2.75) is 13.8 Å². The molecule has 126 valence electrons. The van der Waals surface area contributed by atoms with E-state index in [0.717, 1.165) is 0 Å². The Morgan fingerprint density at radius 3 is 2.08 bits per heavy atom. The molecule has 0 spiro atoms. The molecule has 2 aromatic rings. The number of nitrogens with zero attached hydrogens (tertiary/aromatic N) is 1. The van der Waals surface area contributed by atoms with Gasteiger partial charge < -0.3 is 10.2 Å². The Hall–Kier alpha value is -2.04. The predicted octanol–water partition coefficient (Wildman–Crippen LogP) is 4.62. The lowest BCUT2D eigenvalue weighted by Gasteiger charge is -2.28. The smallest absolute Gasteiger partial charge is 0.241 e. The predicted molar refractivity (Wildman–Crippen MR) is 98.7 cm³/mol. The number of anilines is 2. The van der Waals surface area contributed by atoms with Gasteiger partial charge in [-0.3, -0.25) is 9.59 Å². The number of para-hydroxylation sites is 1. The van der Waals surface area contributed by atoms with Gasteiger partial charge in [0.15, 0.2) is 0 Å². The molecule has 0 aliphatic carbocycles. The van der Waals surface area contributed by atoms with Gasteiger partial charge in [-0.25, -0.2) is 0 Å². The second-order valence-corrected chi connectivity index (χ2v) is 6.81. The zero-order valence-electron chi connectivity index (χ0n) is 13.6. The summed E-state index contributed by atoms with van der Waals surface area (Å²) >= 11 is 11.9. The Morgan fingerprint density at radius 2 is 1.54 bits per heavy atom. The minimum atomic E-state index is -1.26. The molecule has 0 heterocycles. The molecule has 2 aromatic carbocycles. The molecule has 4 nitrogen and oxygen atoms in total.